The van der Waals surface area contributed by atoms with E-state index < -0.39 is 5.82 Å². The van der Waals surface area contributed by atoms with Crippen molar-refractivity contribution < 1.29 is 18.6 Å². The number of nitrogens with one attached hydrogen (secondary N) is 1. The van der Waals surface area contributed by atoms with E-state index in [0.717, 1.165) is 11.3 Å². The fraction of sp³-hybridized carbons (Fsp3) is 0.211. The van der Waals surface area contributed by atoms with E-state index in [4.69, 9.17) is 19.9 Å². The molecule has 6 nitrogen and oxygen atoms in total. The van der Waals surface area contributed by atoms with Crippen LogP contribution in [-0.2, 0) is 6.42 Å². The minimum absolute atomic E-state index is 0.00545. The number of nitrogens with zero attached hydrogens (tertiary/aromatic N) is 1. The Morgan fingerprint density at radius 3 is 2.35 bits per heavy atom. The number of ether oxygens (including phenoxy) is 3. The molecule has 0 bridgehead atoms. The summed E-state index contributed by atoms with van der Waals surface area (Å²) in [6.07, 6.45) is 1.87. The van der Waals surface area contributed by atoms with Crippen molar-refractivity contribution in [2.45, 2.75) is 6.42 Å². The summed E-state index contributed by atoms with van der Waals surface area (Å²) >= 11 is 0. The van der Waals surface area contributed by atoms with Crippen molar-refractivity contribution in [3.05, 3.63) is 53.7 Å². The van der Waals surface area contributed by atoms with Gasteiger partial charge in [0.2, 0.25) is 0 Å². The highest BCUT2D eigenvalue weighted by Gasteiger charge is 2.16. The molecule has 3 aromatic rings. The van der Waals surface area contributed by atoms with Crippen LogP contribution in [0.3, 0.4) is 0 Å². The van der Waals surface area contributed by atoms with Crippen molar-refractivity contribution in [2.75, 3.05) is 27.1 Å². The van der Waals surface area contributed by atoms with Gasteiger partial charge in [-0.1, -0.05) is 6.07 Å². The third kappa shape index (κ3) is 3.28. The highest BCUT2D eigenvalue weighted by atomic mass is 19.1. The average molecular weight is 357 g/mol. The molecule has 26 heavy (non-hydrogen) atoms. The van der Waals surface area contributed by atoms with E-state index in [1.165, 1.54) is 7.11 Å². The lowest BCUT2D eigenvalue weighted by Crippen LogP contribution is -2.02. The molecule has 0 aliphatic rings. The number of halogens is 1. The van der Waals surface area contributed by atoms with E-state index in [9.17, 15) is 4.39 Å². The molecule has 1 heterocycles. The predicted octanol–water partition coefficient (Wildman–Crippen LogP) is 3.41. The summed E-state index contributed by atoms with van der Waals surface area (Å²) in [6.45, 7) is 0. The van der Waals surface area contributed by atoms with Gasteiger partial charge in [-0.15, -0.1) is 0 Å². The number of nitrogen functional groups attached to an aromatic ring is 1. The quantitative estimate of drug-likeness (QED) is 0.661. The zero-order chi connectivity index (χ0) is 18.7. The van der Waals surface area contributed by atoms with Gasteiger partial charge in [-0.2, -0.15) is 0 Å². The number of H-pyrrole nitrogens is 1. The molecule has 0 saturated heterocycles. The van der Waals surface area contributed by atoms with E-state index in [1.807, 2.05) is 12.1 Å². The molecular formula is C19H20FN3O3. The van der Waals surface area contributed by atoms with Crippen LogP contribution in [0, 0.1) is 5.82 Å². The second kappa shape index (κ2) is 7.35. The highest BCUT2D eigenvalue weighted by molar-refractivity contribution is 5.67. The van der Waals surface area contributed by atoms with Crippen LogP contribution >= 0.6 is 0 Å². The van der Waals surface area contributed by atoms with Gasteiger partial charge in [-0.05, 0) is 23.8 Å². The van der Waals surface area contributed by atoms with Gasteiger partial charge in [0.25, 0.3) is 0 Å². The normalized spacial score (nSPS) is 10.6. The van der Waals surface area contributed by atoms with Crippen molar-refractivity contribution in [1.82, 2.24) is 9.97 Å². The molecule has 136 valence electrons. The van der Waals surface area contributed by atoms with E-state index >= 15 is 0 Å². The Balaban J connectivity index is 1.99. The first kappa shape index (κ1) is 17.6. The highest BCUT2D eigenvalue weighted by Crippen LogP contribution is 2.32. The van der Waals surface area contributed by atoms with Crippen molar-refractivity contribution in [1.29, 1.82) is 0 Å². The Morgan fingerprint density at radius 2 is 1.73 bits per heavy atom. The number of rotatable bonds is 6. The zero-order valence-electron chi connectivity index (χ0n) is 14.8. The average Bonchev–Trinajstić information content (AvgIpc) is 3.13. The molecule has 0 saturated carbocycles. The molecule has 0 amide bonds. The SMILES string of the molecule is COc1cc(OC)cc(-c2nc[nH]c2Cc2ccc(OC)c(N)c2F)c1. The lowest BCUT2D eigenvalue weighted by molar-refractivity contribution is 0.394. The van der Waals surface area contributed by atoms with E-state index in [0.29, 0.717) is 34.9 Å². The molecule has 0 fully saturated rings. The first-order valence-electron chi connectivity index (χ1n) is 7.94. The zero-order valence-corrected chi connectivity index (χ0v) is 14.8. The van der Waals surface area contributed by atoms with Gasteiger partial charge < -0.3 is 24.9 Å². The molecule has 2 aromatic carbocycles. The van der Waals surface area contributed by atoms with Crippen LogP contribution in [0.1, 0.15) is 11.3 Å². The van der Waals surface area contributed by atoms with Crippen LogP contribution in [0.15, 0.2) is 36.7 Å². The van der Waals surface area contributed by atoms with Gasteiger partial charge in [-0.3, -0.25) is 0 Å². The van der Waals surface area contributed by atoms with Crippen LogP contribution in [0.5, 0.6) is 17.2 Å². The van der Waals surface area contributed by atoms with Gasteiger partial charge in [0, 0.05) is 23.7 Å². The number of aromatic nitrogens is 2. The third-order valence-electron chi connectivity index (χ3n) is 4.15. The molecule has 7 heteroatoms. The number of aromatic amines is 1. The lowest BCUT2D eigenvalue weighted by Gasteiger charge is -2.11. The summed E-state index contributed by atoms with van der Waals surface area (Å²) in [6, 6.07) is 8.78. The molecule has 0 aliphatic carbocycles. The van der Waals surface area contributed by atoms with E-state index in [-0.39, 0.29) is 5.69 Å². The van der Waals surface area contributed by atoms with Crippen molar-refractivity contribution >= 4 is 5.69 Å². The summed E-state index contributed by atoms with van der Waals surface area (Å²) < 4.78 is 30.2. The Bertz CT molecular complexity index is 902. The number of hydrogen-bond donors (Lipinski definition) is 2. The van der Waals surface area contributed by atoms with Crippen LogP contribution in [0.2, 0.25) is 0 Å². The van der Waals surface area contributed by atoms with Crippen LogP contribution in [0.4, 0.5) is 10.1 Å². The first-order chi connectivity index (χ1) is 12.6. The van der Waals surface area contributed by atoms with Crippen molar-refractivity contribution in [3.8, 4) is 28.5 Å². The Labute approximate surface area is 150 Å². The largest absolute Gasteiger partial charge is 0.497 e. The lowest BCUT2D eigenvalue weighted by atomic mass is 10.0. The molecule has 3 rings (SSSR count). The maximum absolute atomic E-state index is 14.5. The van der Waals surface area contributed by atoms with Crippen LogP contribution in [0.25, 0.3) is 11.3 Å². The van der Waals surface area contributed by atoms with Gasteiger partial charge in [0.05, 0.1) is 33.4 Å². The summed E-state index contributed by atoms with van der Waals surface area (Å²) in [7, 11) is 4.62. The summed E-state index contributed by atoms with van der Waals surface area (Å²) in [4.78, 5) is 7.45. The maximum atomic E-state index is 14.5. The minimum Gasteiger partial charge on any atom is -0.497 e. The Morgan fingerprint density at radius 1 is 1.04 bits per heavy atom. The van der Waals surface area contributed by atoms with Gasteiger partial charge >= 0.3 is 0 Å². The molecule has 3 N–H and O–H groups in total. The van der Waals surface area contributed by atoms with Crippen molar-refractivity contribution in [2.24, 2.45) is 0 Å². The minimum atomic E-state index is -0.492. The number of anilines is 1. The van der Waals surface area contributed by atoms with E-state index in [1.54, 1.807) is 38.7 Å². The topological polar surface area (TPSA) is 82.4 Å². The molecule has 1 aromatic heterocycles. The molecule has 0 atom stereocenters. The molecule has 0 spiro atoms. The Hall–Kier alpha value is -3.22. The second-order valence-corrected chi connectivity index (χ2v) is 5.66. The number of imidazole rings is 1. The van der Waals surface area contributed by atoms with Crippen LogP contribution < -0.4 is 19.9 Å². The number of nitrogens with two attached hydrogens (primary N) is 1. The van der Waals surface area contributed by atoms with Crippen LogP contribution in [-0.4, -0.2) is 31.3 Å². The number of benzene rings is 2. The fourth-order valence-corrected chi connectivity index (χ4v) is 2.77. The predicted molar refractivity (Wildman–Crippen MR) is 97.3 cm³/mol. The first-order valence-corrected chi connectivity index (χ1v) is 7.94. The number of hydrogen-bond acceptors (Lipinski definition) is 5. The maximum Gasteiger partial charge on any atom is 0.153 e. The molecule has 0 radical (unpaired) electrons. The smallest absolute Gasteiger partial charge is 0.153 e. The summed E-state index contributed by atoms with van der Waals surface area (Å²) in [5.74, 6) is 1.11. The van der Waals surface area contributed by atoms with Gasteiger partial charge in [-0.25, -0.2) is 9.37 Å². The van der Waals surface area contributed by atoms with Gasteiger partial charge in [0.15, 0.2) is 5.82 Å². The standard InChI is InChI=1S/C19H20FN3O3/c1-24-13-6-12(7-14(9-13)25-2)19-15(22-10-23-19)8-11-4-5-16(26-3)18(21)17(11)20/h4-7,9-10H,8,21H2,1-3H3,(H,22,23). The molecule has 0 aliphatic heterocycles. The van der Waals surface area contributed by atoms with Gasteiger partial charge in [0.1, 0.15) is 22.9 Å². The summed E-state index contributed by atoms with van der Waals surface area (Å²) in [5, 5.41) is 0. The second-order valence-electron chi connectivity index (χ2n) is 5.66. The molecular weight excluding hydrogens is 337 g/mol. The number of methoxy groups -OCH3 is 3. The third-order valence-corrected chi connectivity index (χ3v) is 4.15. The summed E-state index contributed by atoms with van der Waals surface area (Å²) in [5.41, 5.74) is 8.48. The van der Waals surface area contributed by atoms with Crippen molar-refractivity contribution in [3.63, 3.8) is 0 Å². The monoisotopic (exact) mass is 357 g/mol. The van der Waals surface area contributed by atoms with E-state index in [2.05, 4.69) is 9.97 Å². The Kier molecular flexibility index (Phi) is 4.97. The fourth-order valence-electron chi connectivity index (χ4n) is 2.77. The molecule has 0 unspecified atom stereocenters.